The minimum Gasteiger partial charge on any atom is -0.491 e. The van der Waals surface area contributed by atoms with Crippen LogP contribution in [0.1, 0.15) is 38.8 Å². The van der Waals surface area contributed by atoms with Gasteiger partial charge in [0.1, 0.15) is 11.4 Å². The van der Waals surface area contributed by atoms with E-state index in [0.29, 0.717) is 27.6 Å². The molecule has 6 nitrogen and oxygen atoms in total. The molecule has 170 valence electrons. The van der Waals surface area contributed by atoms with Crippen molar-refractivity contribution in [2.24, 2.45) is 0 Å². The molecule has 0 saturated carbocycles. The number of nitrogens with zero attached hydrogens (tertiary/aromatic N) is 1. The van der Waals surface area contributed by atoms with Gasteiger partial charge >= 0.3 is 0 Å². The minimum absolute atomic E-state index is 0.0121. The maximum atomic E-state index is 13.3. The second kappa shape index (κ2) is 10.2. The molecule has 0 radical (unpaired) electrons. The summed E-state index contributed by atoms with van der Waals surface area (Å²) >= 11 is 6.07. The van der Waals surface area contributed by atoms with Crippen LogP contribution < -0.4 is 10.1 Å². The van der Waals surface area contributed by atoms with Crippen LogP contribution in [-0.2, 0) is 14.3 Å². The zero-order valence-electron chi connectivity index (χ0n) is 19.1. The Morgan fingerprint density at radius 2 is 1.66 bits per heavy atom. The highest BCUT2D eigenvalue weighted by atomic mass is 35.5. The molecule has 2 aromatic rings. The molecule has 2 aromatic carbocycles. The molecule has 1 aliphatic rings. The number of nitrogens with one attached hydrogen (secondary N) is 1. The van der Waals surface area contributed by atoms with Gasteiger partial charge in [-0.25, -0.2) is 0 Å². The van der Waals surface area contributed by atoms with Crippen LogP contribution in [0.4, 0.5) is 5.69 Å². The van der Waals surface area contributed by atoms with E-state index in [1.54, 1.807) is 42.5 Å². The number of benzene rings is 2. The molecule has 7 heteroatoms. The zero-order chi connectivity index (χ0) is 23.4. The largest absolute Gasteiger partial charge is 0.491 e. The lowest BCUT2D eigenvalue weighted by molar-refractivity contribution is -0.137. The Hall–Kier alpha value is -2.83. The molecule has 2 amide bonds. The van der Waals surface area contributed by atoms with Crippen molar-refractivity contribution in [1.82, 2.24) is 4.90 Å². The molecule has 0 saturated heterocycles. The van der Waals surface area contributed by atoms with Crippen molar-refractivity contribution in [3.63, 3.8) is 0 Å². The monoisotopic (exact) mass is 456 g/mol. The van der Waals surface area contributed by atoms with E-state index in [4.69, 9.17) is 21.1 Å². The third kappa shape index (κ3) is 5.50. The third-order valence-electron chi connectivity index (χ3n) is 4.90. The predicted octanol–water partition coefficient (Wildman–Crippen LogP) is 5.05. The number of ether oxygens (including phenoxy) is 2. The fourth-order valence-electron chi connectivity index (χ4n) is 3.42. The third-order valence-corrected chi connectivity index (χ3v) is 5.13. The van der Waals surface area contributed by atoms with Crippen LogP contribution >= 0.6 is 11.6 Å². The van der Waals surface area contributed by atoms with Gasteiger partial charge in [-0.2, -0.15) is 0 Å². The van der Waals surface area contributed by atoms with E-state index in [1.165, 1.54) is 4.90 Å². The summed E-state index contributed by atoms with van der Waals surface area (Å²) < 4.78 is 11.3. The molecule has 0 aliphatic carbocycles. The number of anilines is 1. The molecule has 3 rings (SSSR count). The molecule has 32 heavy (non-hydrogen) atoms. The molecular formula is C25H29ClN2O4. The Bertz CT molecular complexity index is 1030. The van der Waals surface area contributed by atoms with Crippen molar-refractivity contribution in [1.29, 1.82) is 0 Å². The fraction of sp³-hybridized carbons (Fsp3) is 0.360. The molecule has 0 unspecified atom stereocenters. The number of hydrogen-bond donors (Lipinski definition) is 1. The van der Waals surface area contributed by atoms with Crippen molar-refractivity contribution in [3.05, 3.63) is 64.3 Å². The second-order valence-corrected chi connectivity index (χ2v) is 8.64. The molecule has 1 N–H and O–H groups in total. The highest BCUT2D eigenvalue weighted by Crippen LogP contribution is 2.32. The number of carbonyl (C=O) groups is 2. The van der Waals surface area contributed by atoms with Gasteiger partial charge in [0.2, 0.25) is 0 Å². The maximum absolute atomic E-state index is 13.3. The predicted molar refractivity (Wildman–Crippen MR) is 127 cm³/mol. The van der Waals surface area contributed by atoms with Gasteiger partial charge < -0.3 is 14.8 Å². The summed E-state index contributed by atoms with van der Waals surface area (Å²) in [6.45, 7) is 10.1. The van der Waals surface area contributed by atoms with Gasteiger partial charge in [-0.1, -0.05) is 23.7 Å². The van der Waals surface area contributed by atoms with Crippen molar-refractivity contribution in [2.75, 3.05) is 18.5 Å². The lowest BCUT2D eigenvalue weighted by Gasteiger charge is -2.16. The smallest absolute Gasteiger partial charge is 0.278 e. The summed E-state index contributed by atoms with van der Waals surface area (Å²) in [5.41, 5.74) is 2.78. The quantitative estimate of drug-likeness (QED) is 0.534. The van der Waals surface area contributed by atoms with Crippen LogP contribution in [0.15, 0.2) is 48.2 Å². The van der Waals surface area contributed by atoms with Crippen LogP contribution in [0.5, 0.6) is 5.75 Å². The average Bonchev–Trinajstić information content (AvgIpc) is 2.94. The summed E-state index contributed by atoms with van der Waals surface area (Å²) in [7, 11) is 0. The van der Waals surface area contributed by atoms with Crippen molar-refractivity contribution in [2.45, 2.75) is 46.8 Å². The average molecular weight is 457 g/mol. The highest BCUT2D eigenvalue weighted by molar-refractivity contribution is 6.36. The van der Waals surface area contributed by atoms with Crippen LogP contribution in [0.25, 0.3) is 5.57 Å². The van der Waals surface area contributed by atoms with E-state index in [9.17, 15) is 9.59 Å². The first-order chi connectivity index (χ1) is 15.2. The molecule has 0 atom stereocenters. The van der Waals surface area contributed by atoms with E-state index < -0.39 is 0 Å². The molecule has 1 aliphatic heterocycles. The standard InChI is InChI=1S/C25H29ClN2O4/c1-15(2)31-13-12-28-24(29)22(18-6-9-20(10-7-18)32-16(3)4)23(25(28)30)27-21-11-8-19(26)14-17(21)5/h6-11,14-16,27H,12-13H2,1-5H3. The van der Waals surface area contributed by atoms with Gasteiger partial charge in [0.05, 0.1) is 30.9 Å². The second-order valence-electron chi connectivity index (χ2n) is 8.21. The number of aryl methyl sites for hydroxylation is 1. The summed E-state index contributed by atoms with van der Waals surface area (Å²) in [6, 6.07) is 12.5. The Morgan fingerprint density at radius 1 is 0.969 bits per heavy atom. The minimum atomic E-state index is -0.380. The van der Waals surface area contributed by atoms with Gasteiger partial charge in [0.25, 0.3) is 11.8 Å². The molecule has 0 fully saturated rings. The van der Waals surface area contributed by atoms with E-state index in [1.807, 2.05) is 34.6 Å². The SMILES string of the molecule is Cc1cc(Cl)ccc1NC1=C(c2ccc(OC(C)C)cc2)C(=O)N(CCOC(C)C)C1=O. The molecule has 0 bridgehead atoms. The lowest BCUT2D eigenvalue weighted by atomic mass is 10.0. The number of amides is 2. The van der Waals surface area contributed by atoms with Crippen LogP contribution in [0.3, 0.4) is 0 Å². The normalized spacial score (nSPS) is 14.2. The van der Waals surface area contributed by atoms with Crippen molar-refractivity contribution >= 4 is 34.7 Å². The Balaban J connectivity index is 1.97. The van der Waals surface area contributed by atoms with Gasteiger partial charge in [-0.15, -0.1) is 0 Å². The summed E-state index contributed by atoms with van der Waals surface area (Å²) in [5.74, 6) is -0.0328. The Labute approximate surface area is 194 Å². The number of hydrogen-bond acceptors (Lipinski definition) is 5. The fourth-order valence-corrected chi connectivity index (χ4v) is 3.64. The lowest BCUT2D eigenvalue weighted by Crippen LogP contribution is -2.35. The molecule has 0 spiro atoms. The zero-order valence-corrected chi connectivity index (χ0v) is 19.8. The van der Waals surface area contributed by atoms with Gasteiger partial charge in [-0.05, 0) is 76.1 Å². The van der Waals surface area contributed by atoms with E-state index in [-0.39, 0.29) is 42.9 Å². The first-order valence-electron chi connectivity index (χ1n) is 10.7. The number of carbonyl (C=O) groups excluding carboxylic acids is 2. The van der Waals surface area contributed by atoms with Gasteiger partial charge in [0.15, 0.2) is 0 Å². The van der Waals surface area contributed by atoms with Gasteiger partial charge in [-0.3, -0.25) is 14.5 Å². The maximum Gasteiger partial charge on any atom is 0.278 e. The summed E-state index contributed by atoms with van der Waals surface area (Å²) in [6.07, 6.45) is 0.0503. The molecule has 1 heterocycles. The van der Waals surface area contributed by atoms with Crippen LogP contribution in [0, 0.1) is 6.92 Å². The van der Waals surface area contributed by atoms with Crippen molar-refractivity contribution in [3.8, 4) is 5.75 Å². The van der Waals surface area contributed by atoms with Crippen LogP contribution in [0.2, 0.25) is 5.02 Å². The Kier molecular flexibility index (Phi) is 7.59. The summed E-state index contributed by atoms with van der Waals surface area (Å²) in [5, 5.41) is 3.78. The van der Waals surface area contributed by atoms with Crippen molar-refractivity contribution < 1.29 is 19.1 Å². The topological polar surface area (TPSA) is 67.9 Å². The summed E-state index contributed by atoms with van der Waals surface area (Å²) in [4.78, 5) is 27.8. The molecule has 0 aromatic heterocycles. The molecular weight excluding hydrogens is 428 g/mol. The Morgan fingerprint density at radius 3 is 2.25 bits per heavy atom. The van der Waals surface area contributed by atoms with Crippen LogP contribution in [-0.4, -0.2) is 42.1 Å². The number of imide groups is 1. The first-order valence-corrected chi connectivity index (χ1v) is 11.1. The van der Waals surface area contributed by atoms with E-state index >= 15 is 0 Å². The highest BCUT2D eigenvalue weighted by Gasteiger charge is 2.39. The van der Waals surface area contributed by atoms with Gasteiger partial charge in [0, 0.05) is 10.7 Å². The van der Waals surface area contributed by atoms with E-state index in [0.717, 1.165) is 5.56 Å². The first kappa shape index (κ1) is 23.8. The van der Waals surface area contributed by atoms with E-state index in [2.05, 4.69) is 5.32 Å². The number of halogens is 1. The number of rotatable bonds is 9.